The van der Waals surface area contributed by atoms with E-state index in [-0.39, 0.29) is 0 Å². The fourth-order valence-corrected chi connectivity index (χ4v) is 3.54. The highest BCUT2D eigenvalue weighted by Gasteiger charge is 2.18. The lowest BCUT2D eigenvalue weighted by atomic mass is 10.00. The van der Waals surface area contributed by atoms with Gasteiger partial charge in [0.1, 0.15) is 5.82 Å². The lowest BCUT2D eigenvalue weighted by molar-refractivity contribution is 0.270. The normalized spacial score (nSPS) is 21.0. The molecule has 0 amide bonds. The van der Waals surface area contributed by atoms with Crippen LogP contribution in [0.25, 0.3) is 0 Å². The average molecular weight is 345 g/mol. The van der Waals surface area contributed by atoms with Crippen molar-refractivity contribution in [1.82, 2.24) is 14.8 Å². The van der Waals surface area contributed by atoms with Crippen LogP contribution >= 0.6 is 0 Å². The summed E-state index contributed by atoms with van der Waals surface area (Å²) in [6, 6.07) is 4.21. The number of likely N-dealkylation sites (N-methyl/N-ethyl adjacent to an activating group) is 1. The van der Waals surface area contributed by atoms with Crippen LogP contribution < -0.4 is 10.6 Å². The predicted molar refractivity (Wildman–Crippen MR) is 104 cm³/mol. The number of guanidine groups is 1. The topological polar surface area (TPSA) is 61.0 Å². The minimum absolute atomic E-state index is 0.627. The van der Waals surface area contributed by atoms with Crippen molar-refractivity contribution >= 4 is 11.8 Å². The third-order valence-corrected chi connectivity index (χ3v) is 5.48. The minimum atomic E-state index is 0.627. The van der Waals surface area contributed by atoms with E-state index in [1.807, 2.05) is 12.3 Å². The molecule has 0 aliphatic carbocycles. The van der Waals surface area contributed by atoms with Crippen molar-refractivity contribution in [3.8, 4) is 0 Å². The molecule has 1 aromatic rings. The Balaban J connectivity index is 1.57. The van der Waals surface area contributed by atoms with E-state index in [0.29, 0.717) is 12.5 Å². The number of aliphatic imine (C=N–C) groups is 1. The molecule has 3 heterocycles. The first-order chi connectivity index (χ1) is 12.2. The van der Waals surface area contributed by atoms with Gasteiger partial charge in [-0.05, 0) is 43.0 Å². The van der Waals surface area contributed by atoms with Gasteiger partial charge in [-0.15, -0.1) is 0 Å². The van der Waals surface area contributed by atoms with Gasteiger partial charge in [0, 0.05) is 45.5 Å². The highest BCUT2D eigenvalue weighted by molar-refractivity contribution is 5.78. The molecule has 2 N–H and O–H groups in total. The van der Waals surface area contributed by atoms with Gasteiger partial charge in [-0.3, -0.25) is 0 Å². The van der Waals surface area contributed by atoms with E-state index < -0.39 is 0 Å². The molecule has 6 nitrogen and oxygen atoms in total. The number of hydrogen-bond acceptors (Lipinski definition) is 4. The quantitative estimate of drug-likeness (QED) is 0.666. The van der Waals surface area contributed by atoms with E-state index in [9.17, 15) is 0 Å². The number of hydrogen-bond donors (Lipinski definition) is 1. The predicted octanol–water partition coefficient (Wildman–Crippen LogP) is 1.77. The number of pyridine rings is 1. The summed E-state index contributed by atoms with van der Waals surface area (Å²) in [7, 11) is 0. The number of nitrogens with two attached hydrogens (primary N) is 1. The first-order valence-electron chi connectivity index (χ1n) is 9.62. The summed E-state index contributed by atoms with van der Waals surface area (Å²) in [6.07, 6.45) is 4.31. The molecular formula is C19H32N6. The Kier molecular flexibility index (Phi) is 6.13. The number of anilines is 1. The molecule has 1 aromatic heterocycles. The molecule has 0 saturated carbocycles. The molecule has 0 atom stereocenters. The first-order valence-corrected chi connectivity index (χ1v) is 9.62. The van der Waals surface area contributed by atoms with Gasteiger partial charge in [-0.1, -0.05) is 13.8 Å². The number of piperidine rings is 1. The van der Waals surface area contributed by atoms with Crippen LogP contribution in [0.15, 0.2) is 23.3 Å². The van der Waals surface area contributed by atoms with E-state index in [0.717, 1.165) is 57.5 Å². The van der Waals surface area contributed by atoms with Crippen molar-refractivity contribution in [1.29, 1.82) is 0 Å². The zero-order valence-electron chi connectivity index (χ0n) is 15.7. The van der Waals surface area contributed by atoms with Gasteiger partial charge >= 0.3 is 0 Å². The van der Waals surface area contributed by atoms with Gasteiger partial charge in [0.25, 0.3) is 0 Å². The molecule has 3 rings (SSSR count). The fourth-order valence-electron chi connectivity index (χ4n) is 3.54. The maximum absolute atomic E-state index is 6.20. The number of nitrogens with zero attached hydrogens (tertiary/aromatic N) is 5. The molecule has 0 unspecified atom stereocenters. The summed E-state index contributed by atoms with van der Waals surface area (Å²) < 4.78 is 0. The van der Waals surface area contributed by atoms with E-state index >= 15 is 0 Å². The molecule has 6 heteroatoms. The van der Waals surface area contributed by atoms with Crippen LogP contribution in [0.1, 0.15) is 32.3 Å². The van der Waals surface area contributed by atoms with Gasteiger partial charge < -0.3 is 20.4 Å². The summed E-state index contributed by atoms with van der Waals surface area (Å²) in [5, 5.41) is 0. The van der Waals surface area contributed by atoms with Crippen molar-refractivity contribution < 1.29 is 0 Å². The van der Waals surface area contributed by atoms with E-state index in [4.69, 9.17) is 5.73 Å². The Morgan fingerprint density at radius 3 is 2.60 bits per heavy atom. The highest BCUT2D eigenvalue weighted by Crippen LogP contribution is 2.17. The van der Waals surface area contributed by atoms with E-state index in [1.165, 1.54) is 18.4 Å². The molecule has 2 saturated heterocycles. The van der Waals surface area contributed by atoms with Crippen molar-refractivity contribution in [2.45, 2.75) is 33.2 Å². The van der Waals surface area contributed by atoms with Crippen LogP contribution in [0.5, 0.6) is 0 Å². The summed E-state index contributed by atoms with van der Waals surface area (Å²) in [6.45, 7) is 12.7. The molecule has 138 valence electrons. The summed E-state index contributed by atoms with van der Waals surface area (Å²) >= 11 is 0. The minimum Gasteiger partial charge on any atom is -0.370 e. The molecule has 0 spiro atoms. The largest absolute Gasteiger partial charge is 0.370 e. The van der Waals surface area contributed by atoms with Crippen molar-refractivity contribution in [2.24, 2.45) is 16.6 Å². The lowest BCUT2D eigenvalue weighted by Gasteiger charge is -2.34. The van der Waals surface area contributed by atoms with Crippen molar-refractivity contribution in [3.05, 3.63) is 23.9 Å². The Bertz CT molecular complexity index is 571. The Hall–Kier alpha value is -1.82. The van der Waals surface area contributed by atoms with Crippen LogP contribution in [0, 0.1) is 5.92 Å². The van der Waals surface area contributed by atoms with Crippen LogP contribution in [-0.2, 0) is 6.54 Å². The number of rotatable bonds is 4. The van der Waals surface area contributed by atoms with Crippen molar-refractivity contribution in [2.75, 3.05) is 50.7 Å². The monoisotopic (exact) mass is 344 g/mol. The van der Waals surface area contributed by atoms with E-state index in [2.05, 4.69) is 44.6 Å². The maximum Gasteiger partial charge on any atom is 0.191 e. The zero-order valence-corrected chi connectivity index (χ0v) is 15.7. The Morgan fingerprint density at radius 1 is 1.20 bits per heavy atom. The standard InChI is InChI=1S/C19H32N6/c1-3-23-10-12-24(13-11-23)18-14-17(4-7-21-18)15-22-19(20)25-8-5-16(2)6-9-25/h4,7,14,16H,3,5-6,8-13,15H2,1-2H3,(H2,20,22). The average Bonchev–Trinajstić information content (AvgIpc) is 2.67. The number of piperazine rings is 1. The van der Waals surface area contributed by atoms with Crippen molar-refractivity contribution in [3.63, 3.8) is 0 Å². The number of likely N-dealkylation sites (tertiary alicyclic amines) is 1. The maximum atomic E-state index is 6.20. The van der Waals surface area contributed by atoms with Crippen LogP contribution in [0.4, 0.5) is 5.82 Å². The SMILES string of the molecule is CCN1CCN(c2cc(CN=C(N)N3CCC(C)CC3)ccn2)CC1. The first kappa shape index (κ1) is 18.0. The number of aromatic nitrogens is 1. The lowest BCUT2D eigenvalue weighted by Crippen LogP contribution is -2.46. The second-order valence-corrected chi connectivity index (χ2v) is 7.29. The molecule has 2 aliphatic heterocycles. The smallest absolute Gasteiger partial charge is 0.191 e. The Labute approximate surface area is 151 Å². The van der Waals surface area contributed by atoms with Crippen LogP contribution in [0.2, 0.25) is 0 Å². The third kappa shape index (κ3) is 4.84. The molecule has 0 bridgehead atoms. The second-order valence-electron chi connectivity index (χ2n) is 7.29. The summed E-state index contributed by atoms with van der Waals surface area (Å²) in [5.41, 5.74) is 7.37. The summed E-state index contributed by atoms with van der Waals surface area (Å²) in [5.74, 6) is 2.55. The van der Waals surface area contributed by atoms with E-state index in [1.54, 1.807) is 0 Å². The second kappa shape index (κ2) is 8.52. The van der Waals surface area contributed by atoms with Gasteiger partial charge in [0.2, 0.25) is 0 Å². The molecule has 2 fully saturated rings. The van der Waals surface area contributed by atoms with Gasteiger partial charge in [0.15, 0.2) is 5.96 Å². The van der Waals surface area contributed by atoms with Gasteiger partial charge in [-0.2, -0.15) is 0 Å². The molecule has 0 radical (unpaired) electrons. The van der Waals surface area contributed by atoms with Crippen LogP contribution in [0.3, 0.4) is 0 Å². The third-order valence-electron chi connectivity index (χ3n) is 5.48. The molecule has 0 aromatic carbocycles. The molecular weight excluding hydrogens is 312 g/mol. The fraction of sp³-hybridized carbons (Fsp3) is 0.684. The Morgan fingerprint density at radius 2 is 1.92 bits per heavy atom. The molecule has 2 aliphatic rings. The van der Waals surface area contributed by atoms with Crippen LogP contribution in [-0.4, -0.2) is 66.6 Å². The molecule has 25 heavy (non-hydrogen) atoms. The zero-order chi connectivity index (χ0) is 17.6. The summed E-state index contributed by atoms with van der Waals surface area (Å²) in [4.78, 5) is 16.2. The van der Waals surface area contributed by atoms with Gasteiger partial charge in [-0.25, -0.2) is 9.98 Å². The highest BCUT2D eigenvalue weighted by atomic mass is 15.3. The van der Waals surface area contributed by atoms with Gasteiger partial charge in [0.05, 0.1) is 6.54 Å².